The maximum Gasteiger partial charge on any atom is 0.164 e. The summed E-state index contributed by atoms with van der Waals surface area (Å²) in [5.74, 6) is 2.41. The Morgan fingerprint density at radius 3 is 2.63 bits per heavy atom. The second kappa shape index (κ2) is 7.86. The van der Waals surface area contributed by atoms with E-state index in [1.807, 2.05) is 0 Å². The first kappa shape index (κ1) is 17.3. The molecule has 1 rings (SSSR count). The van der Waals surface area contributed by atoms with E-state index in [2.05, 4.69) is 31.0 Å². The summed E-state index contributed by atoms with van der Waals surface area (Å²) in [5.41, 5.74) is 0. The molecule has 1 N–H and O–H groups in total. The van der Waals surface area contributed by atoms with Crippen molar-refractivity contribution < 1.29 is 8.42 Å². The lowest BCUT2D eigenvalue weighted by Crippen LogP contribution is -2.51. The van der Waals surface area contributed by atoms with Crippen LogP contribution in [0, 0.1) is 5.92 Å². The minimum Gasteiger partial charge on any atom is -0.316 e. The van der Waals surface area contributed by atoms with Crippen molar-refractivity contribution in [3.8, 4) is 0 Å². The first-order valence-corrected chi connectivity index (χ1v) is 10.2. The van der Waals surface area contributed by atoms with E-state index in [-0.39, 0.29) is 5.37 Å². The SMILES string of the molecule is CC(C)CNCCC(C)N1CCSCC1S(C)(=O)=O. The van der Waals surface area contributed by atoms with Crippen LogP contribution in [0.4, 0.5) is 0 Å². The number of nitrogens with one attached hydrogen (secondary N) is 1. The van der Waals surface area contributed by atoms with Gasteiger partial charge in [0.05, 0.1) is 0 Å². The standard InChI is InChI=1S/C13H28N2O2S2/c1-11(2)9-14-6-5-12(3)15-7-8-18-10-13(15)19(4,16)17/h11-14H,5-10H2,1-4H3. The molecule has 0 aromatic rings. The Hall–Kier alpha value is 0.220. The molecule has 1 fully saturated rings. The van der Waals surface area contributed by atoms with Gasteiger partial charge in [-0.25, -0.2) is 8.42 Å². The lowest BCUT2D eigenvalue weighted by atomic mass is 10.2. The fraction of sp³-hybridized carbons (Fsp3) is 1.00. The average molecular weight is 309 g/mol. The third-order valence-corrected chi connectivity index (χ3v) is 6.14. The molecule has 1 heterocycles. The van der Waals surface area contributed by atoms with E-state index in [1.54, 1.807) is 11.8 Å². The monoisotopic (exact) mass is 308 g/mol. The highest BCUT2D eigenvalue weighted by molar-refractivity contribution is 8.00. The molecule has 0 spiro atoms. The average Bonchev–Trinajstić information content (AvgIpc) is 2.33. The second-order valence-corrected chi connectivity index (χ2v) is 9.19. The molecule has 0 saturated carbocycles. The van der Waals surface area contributed by atoms with Gasteiger partial charge in [0.15, 0.2) is 9.84 Å². The molecule has 1 aliphatic heterocycles. The molecule has 0 aliphatic carbocycles. The second-order valence-electron chi connectivity index (χ2n) is 5.83. The van der Waals surface area contributed by atoms with Gasteiger partial charge in [-0.15, -0.1) is 0 Å². The van der Waals surface area contributed by atoms with E-state index in [0.717, 1.165) is 31.8 Å². The lowest BCUT2D eigenvalue weighted by Gasteiger charge is -2.38. The molecule has 2 unspecified atom stereocenters. The van der Waals surface area contributed by atoms with Crippen molar-refractivity contribution in [2.75, 3.05) is 37.4 Å². The van der Waals surface area contributed by atoms with Crippen molar-refractivity contribution in [3.05, 3.63) is 0 Å². The van der Waals surface area contributed by atoms with Crippen molar-refractivity contribution in [3.63, 3.8) is 0 Å². The van der Waals surface area contributed by atoms with E-state index in [4.69, 9.17) is 0 Å². The molecule has 1 saturated heterocycles. The highest BCUT2D eigenvalue weighted by Gasteiger charge is 2.33. The molecule has 4 nitrogen and oxygen atoms in total. The Morgan fingerprint density at radius 1 is 1.37 bits per heavy atom. The summed E-state index contributed by atoms with van der Waals surface area (Å²) in [6, 6.07) is 0.320. The van der Waals surface area contributed by atoms with Crippen molar-refractivity contribution in [1.82, 2.24) is 10.2 Å². The van der Waals surface area contributed by atoms with Gasteiger partial charge in [-0.2, -0.15) is 11.8 Å². The van der Waals surface area contributed by atoms with Gasteiger partial charge in [-0.05, 0) is 32.4 Å². The molecular weight excluding hydrogens is 280 g/mol. The Bertz CT molecular complexity index is 358. The first-order valence-electron chi connectivity index (χ1n) is 7.05. The molecule has 2 atom stereocenters. The number of hydrogen-bond donors (Lipinski definition) is 1. The van der Waals surface area contributed by atoms with Crippen LogP contribution in [0.25, 0.3) is 0 Å². The predicted octanol–water partition coefficient (Wildman–Crippen LogP) is 1.43. The van der Waals surface area contributed by atoms with Crippen molar-refractivity contribution in [2.24, 2.45) is 5.92 Å². The zero-order chi connectivity index (χ0) is 14.5. The van der Waals surface area contributed by atoms with Gasteiger partial charge in [0.2, 0.25) is 0 Å². The molecule has 0 aromatic heterocycles. The lowest BCUT2D eigenvalue weighted by molar-refractivity contribution is 0.195. The summed E-state index contributed by atoms with van der Waals surface area (Å²) in [7, 11) is -2.98. The van der Waals surface area contributed by atoms with E-state index in [0.29, 0.717) is 17.7 Å². The fourth-order valence-electron chi connectivity index (χ4n) is 2.34. The summed E-state index contributed by atoms with van der Waals surface area (Å²) < 4.78 is 23.7. The number of nitrogens with zero attached hydrogens (tertiary/aromatic N) is 1. The Morgan fingerprint density at radius 2 is 2.05 bits per heavy atom. The van der Waals surface area contributed by atoms with Gasteiger partial charge in [0.25, 0.3) is 0 Å². The number of sulfone groups is 1. The molecule has 114 valence electrons. The van der Waals surface area contributed by atoms with Gasteiger partial charge in [0, 0.05) is 30.3 Å². The topological polar surface area (TPSA) is 49.4 Å². The molecular formula is C13H28N2O2S2. The van der Waals surface area contributed by atoms with Crippen molar-refractivity contribution in [2.45, 2.75) is 38.6 Å². The maximum atomic E-state index is 11.8. The zero-order valence-electron chi connectivity index (χ0n) is 12.6. The van der Waals surface area contributed by atoms with E-state index in [1.165, 1.54) is 6.26 Å². The van der Waals surface area contributed by atoms with Crippen LogP contribution in [0.2, 0.25) is 0 Å². The molecule has 0 radical (unpaired) electrons. The summed E-state index contributed by atoms with van der Waals surface area (Å²) in [6.45, 7) is 9.40. The van der Waals surface area contributed by atoms with E-state index in [9.17, 15) is 8.42 Å². The molecule has 1 aliphatic rings. The zero-order valence-corrected chi connectivity index (χ0v) is 14.2. The number of hydrogen-bond acceptors (Lipinski definition) is 5. The third kappa shape index (κ3) is 6.02. The van der Waals surface area contributed by atoms with Crippen LogP contribution >= 0.6 is 11.8 Å². The number of thioether (sulfide) groups is 1. The minimum atomic E-state index is -2.98. The highest BCUT2D eigenvalue weighted by Crippen LogP contribution is 2.23. The van der Waals surface area contributed by atoms with Crippen molar-refractivity contribution in [1.29, 1.82) is 0 Å². The molecule has 0 amide bonds. The van der Waals surface area contributed by atoms with Gasteiger partial charge in [-0.3, -0.25) is 4.90 Å². The summed E-state index contributed by atoms with van der Waals surface area (Å²) >= 11 is 1.75. The van der Waals surface area contributed by atoms with Crippen molar-refractivity contribution >= 4 is 21.6 Å². The van der Waals surface area contributed by atoms with Crippen LogP contribution < -0.4 is 5.32 Å². The van der Waals surface area contributed by atoms with Gasteiger partial charge >= 0.3 is 0 Å². The number of rotatable bonds is 7. The van der Waals surface area contributed by atoms with Gasteiger partial charge in [-0.1, -0.05) is 13.8 Å². The van der Waals surface area contributed by atoms with Crippen LogP contribution in [0.15, 0.2) is 0 Å². The maximum absolute atomic E-state index is 11.8. The van der Waals surface area contributed by atoms with Crippen LogP contribution in [0.1, 0.15) is 27.2 Å². The third-order valence-electron chi connectivity index (χ3n) is 3.48. The predicted molar refractivity (Wildman–Crippen MR) is 84.4 cm³/mol. The van der Waals surface area contributed by atoms with Gasteiger partial charge < -0.3 is 5.32 Å². The highest BCUT2D eigenvalue weighted by atomic mass is 32.2. The largest absolute Gasteiger partial charge is 0.316 e. The summed E-state index contributed by atoms with van der Waals surface area (Å²) in [5, 5.41) is 3.13. The Labute approximate surface area is 122 Å². The van der Waals surface area contributed by atoms with Crippen LogP contribution in [-0.4, -0.2) is 62.1 Å². The summed E-state index contributed by atoms with van der Waals surface area (Å²) in [4.78, 5) is 2.17. The molecule has 6 heteroatoms. The molecule has 0 bridgehead atoms. The normalized spacial score (nSPS) is 23.7. The summed E-state index contributed by atoms with van der Waals surface area (Å²) in [6.07, 6.45) is 2.36. The fourth-order valence-corrected chi connectivity index (χ4v) is 5.32. The van der Waals surface area contributed by atoms with Crippen LogP contribution in [0.5, 0.6) is 0 Å². The minimum absolute atomic E-state index is 0.300. The Kier molecular flexibility index (Phi) is 7.14. The quantitative estimate of drug-likeness (QED) is 0.721. The van der Waals surface area contributed by atoms with Crippen LogP contribution in [0.3, 0.4) is 0 Å². The smallest absolute Gasteiger partial charge is 0.164 e. The molecule has 19 heavy (non-hydrogen) atoms. The van der Waals surface area contributed by atoms with E-state index < -0.39 is 9.84 Å². The van der Waals surface area contributed by atoms with Crippen LogP contribution in [-0.2, 0) is 9.84 Å². The first-order chi connectivity index (χ1) is 8.82. The Balaban J connectivity index is 2.46. The molecule has 0 aromatic carbocycles. The van der Waals surface area contributed by atoms with Gasteiger partial charge in [0.1, 0.15) is 5.37 Å². The van der Waals surface area contributed by atoms with E-state index >= 15 is 0 Å².